The van der Waals surface area contributed by atoms with Crippen LogP contribution >= 0.6 is 0 Å². The predicted octanol–water partition coefficient (Wildman–Crippen LogP) is 2.53. The summed E-state index contributed by atoms with van der Waals surface area (Å²) in [5, 5.41) is 8.41. The molecule has 7 heteroatoms. The van der Waals surface area contributed by atoms with Crippen LogP contribution in [0.4, 0.5) is 5.95 Å². The highest BCUT2D eigenvalue weighted by Crippen LogP contribution is 2.30. The number of methoxy groups -OCH3 is 1. The molecular weight excluding hydrogens is 306 g/mol. The van der Waals surface area contributed by atoms with Crippen molar-refractivity contribution in [1.82, 2.24) is 20.2 Å². The van der Waals surface area contributed by atoms with Gasteiger partial charge in [-0.25, -0.2) is 9.97 Å². The summed E-state index contributed by atoms with van der Waals surface area (Å²) in [6.45, 7) is 1.67. The molecule has 3 aromatic rings. The van der Waals surface area contributed by atoms with Crippen molar-refractivity contribution in [3.05, 3.63) is 48.6 Å². The van der Waals surface area contributed by atoms with Crippen LogP contribution in [0.5, 0.6) is 5.75 Å². The lowest BCUT2D eigenvalue weighted by atomic mass is 10.1. The van der Waals surface area contributed by atoms with Crippen molar-refractivity contribution in [2.75, 3.05) is 25.1 Å². The molecular formula is C17H17N5O2. The molecule has 0 amide bonds. The Bertz CT molecular complexity index is 803. The van der Waals surface area contributed by atoms with E-state index in [0.29, 0.717) is 11.8 Å². The van der Waals surface area contributed by atoms with Crippen LogP contribution in [0, 0.1) is 0 Å². The fourth-order valence-electron chi connectivity index (χ4n) is 2.85. The molecule has 2 aromatic heterocycles. The van der Waals surface area contributed by atoms with Crippen LogP contribution in [0.25, 0.3) is 11.5 Å². The third-order valence-electron chi connectivity index (χ3n) is 4.15. The lowest BCUT2D eigenvalue weighted by molar-refractivity contribution is 0.414. The van der Waals surface area contributed by atoms with Gasteiger partial charge < -0.3 is 14.1 Å². The molecule has 0 radical (unpaired) electrons. The fraction of sp³-hybridized carbons (Fsp3) is 0.294. The van der Waals surface area contributed by atoms with E-state index in [1.165, 1.54) is 0 Å². The lowest BCUT2D eigenvalue weighted by Gasteiger charge is -2.14. The first-order valence-electron chi connectivity index (χ1n) is 7.83. The number of hydrogen-bond donors (Lipinski definition) is 0. The molecule has 24 heavy (non-hydrogen) atoms. The van der Waals surface area contributed by atoms with Crippen molar-refractivity contribution in [1.29, 1.82) is 0 Å². The number of anilines is 1. The maximum atomic E-state index is 5.88. The number of aromatic nitrogens is 4. The standard InChI is InChI=1S/C17H17N5O2/c1-23-14-5-3-12(4-6-14)15-20-21-16(24-15)13-7-10-22(11-13)17-18-8-2-9-19-17/h2-6,8-9,13H,7,10-11H2,1H3/t13-/m0/s1. The molecule has 1 atom stereocenters. The Morgan fingerprint density at radius 3 is 2.67 bits per heavy atom. The number of rotatable bonds is 4. The van der Waals surface area contributed by atoms with E-state index in [2.05, 4.69) is 25.1 Å². The quantitative estimate of drug-likeness (QED) is 0.730. The van der Waals surface area contributed by atoms with E-state index in [-0.39, 0.29) is 5.92 Å². The molecule has 1 fully saturated rings. The van der Waals surface area contributed by atoms with Gasteiger partial charge in [-0.05, 0) is 36.8 Å². The molecule has 122 valence electrons. The van der Waals surface area contributed by atoms with Gasteiger partial charge in [0.15, 0.2) is 0 Å². The fourth-order valence-corrected chi connectivity index (χ4v) is 2.85. The van der Waals surface area contributed by atoms with Crippen molar-refractivity contribution >= 4 is 5.95 Å². The van der Waals surface area contributed by atoms with E-state index in [9.17, 15) is 0 Å². The Kier molecular flexibility index (Phi) is 3.82. The number of ether oxygens (including phenoxy) is 1. The van der Waals surface area contributed by atoms with E-state index in [1.54, 1.807) is 19.5 Å². The topological polar surface area (TPSA) is 77.2 Å². The molecule has 1 saturated heterocycles. The molecule has 4 rings (SSSR count). The second-order valence-electron chi connectivity index (χ2n) is 5.65. The molecule has 0 aliphatic carbocycles. The maximum absolute atomic E-state index is 5.88. The molecule has 0 spiro atoms. The Hall–Kier alpha value is -2.96. The zero-order valence-electron chi connectivity index (χ0n) is 13.3. The van der Waals surface area contributed by atoms with Gasteiger partial charge in [-0.15, -0.1) is 10.2 Å². The Balaban J connectivity index is 1.49. The van der Waals surface area contributed by atoms with Crippen LogP contribution in [0.15, 0.2) is 47.1 Å². The van der Waals surface area contributed by atoms with Gasteiger partial charge in [-0.3, -0.25) is 0 Å². The van der Waals surface area contributed by atoms with Crippen LogP contribution in [0.3, 0.4) is 0 Å². The smallest absolute Gasteiger partial charge is 0.247 e. The summed E-state index contributed by atoms with van der Waals surface area (Å²) in [6.07, 6.45) is 4.46. The zero-order valence-corrected chi connectivity index (χ0v) is 13.3. The van der Waals surface area contributed by atoms with Gasteiger partial charge >= 0.3 is 0 Å². The molecule has 7 nitrogen and oxygen atoms in total. The van der Waals surface area contributed by atoms with Crippen molar-refractivity contribution in [3.8, 4) is 17.2 Å². The van der Waals surface area contributed by atoms with Crippen LogP contribution in [0.2, 0.25) is 0 Å². The molecule has 1 aliphatic heterocycles. The van der Waals surface area contributed by atoms with Crippen molar-refractivity contribution in [2.24, 2.45) is 0 Å². The van der Waals surface area contributed by atoms with Gasteiger partial charge in [0.1, 0.15) is 5.75 Å². The summed E-state index contributed by atoms with van der Waals surface area (Å²) in [5.74, 6) is 2.94. The predicted molar refractivity (Wildman–Crippen MR) is 87.9 cm³/mol. The van der Waals surface area contributed by atoms with E-state index < -0.39 is 0 Å². The summed E-state index contributed by atoms with van der Waals surface area (Å²) in [4.78, 5) is 10.7. The molecule has 0 unspecified atom stereocenters. The zero-order chi connectivity index (χ0) is 16.4. The molecule has 0 bridgehead atoms. The average Bonchev–Trinajstić information content (AvgIpc) is 3.32. The van der Waals surface area contributed by atoms with Gasteiger partial charge in [-0.2, -0.15) is 0 Å². The summed E-state index contributed by atoms with van der Waals surface area (Å²) in [5.41, 5.74) is 0.885. The number of hydrogen-bond acceptors (Lipinski definition) is 7. The van der Waals surface area contributed by atoms with Crippen LogP contribution < -0.4 is 9.64 Å². The third kappa shape index (κ3) is 2.80. The Labute approximate surface area is 139 Å². The summed E-state index contributed by atoms with van der Waals surface area (Å²) in [7, 11) is 1.64. The highest BCUT2D eigenvalue weighted by atomic mass is 16.5. The monoisotopic (exact) mass is 323 g/mol. The molecule has 1 aromatic carbocycles. The van der Waals surface area contributed by atoms with E-state index in [4.69, 9.17) is 9.15 Å². The van der Waals surface area contributed by atoms with Gasteiger partial charge in [-0.1, -0.05) is 0 Å². The van der Waals surface area contributed by atoms with Crippen molar-refractivity contribution < 1.29 is 9.15 Å². The second kappa shape index (κ2) is 6.27. The molecule has 1 aliphatic rings. The van der Waals surface area contributed by atoms with Gasteiger partial charge in [0, 0.05) is 31.0 Å². The van der Waals surface area contributed by atoms with E-state index >= 15 is 0 Å². The van der Waals surface area contributed by atoms with Crippen LogP contribution in [-0.2, 0) is 0 Å². The minimum Gasteiger partial charge on any atom is -0.497 e. The SMILES string of the molecule is COc1ccc(-c2nnc([C@H]3CCN(c4ncccn4)C3)o2)cc1. The third-order valence-corrected chi connectivity index (χ3v) is 4.15. The average molecular weight is 323 g/mol. The normalized spacial score (nSPS) is 17.2. The van der Waals surface area contributed by atoms with Gasteiger partial charge in [0.05, 0.1) is 13.0 Å². The molecule has 0 saturated carbocycles. The minimum atomic E-state index is 0.202. The number of benzene rings is 1. The van der Waals surface area contributed by atoms with Crippen molar-refractivity contribution in [3.63, 3.8) is 0 Å². The first kappa shape index (κ1) is 14.6. The maximum Gasteiger partial charge on any atom is 0.247 e. The first-order chi connectivity index (χ1) is 11.8. The van der Waals surface area contributed by atoms with Gasteiger partial charge in [0.25, 0.3) is 0 Å². The number of nitrogens with zero attached hydrogens (tertiary/aromatic N) is 5. The minimum absolute atomic E-state index is 0.202. The largest absolute Gasteiger partial charge is 0.497 e. The second-order valence-corrected chi connectivity index (χ2v) is 5.65. The Morgan fingerprint density at radius 1 is 1.12 bits per heavy atom. The summed E-state index contributed by atoms with van der Waals surface area (Å²) >= 11 is 0. The molecule has 0 N–H and O–H groups in total. The highest BCUT2D eigenvalue weighted by Gasteiger charge is 2.29. The summed E-state index contributed by atoms with van der Waals surface area (Å²) < 4.78 is 11.0. The molecule has 3 heterocycles. The summed E-state index contributed by atoms with van der Waals surface area (Å²) in [6, 6.07) is 9.40. The van der Waals surface area contributed by atoms with Crippen molar-refractivity contribution in [2.45, 2.75) is 12.3 Å². The van der Waals surface area contributed by atoms with E-state index in [1.807, 2.05) is 30.3 Å². The highest BCUT2D eigenvalue weighted by molar-refractivity contribution is 5.54. The Morgan fingerprint density at radius 2 is 1.92 bits per heavy atom. The van der Waals surface area contributed by atoms with Crippen LogP contribution in [-0.4, -0.2) is 40.4 Å². The van der Waals surface area contributed by atoms with Gasteiger partial charge in [0.2, 0.25) is 17.7 Å². The van der Waals surface area contributed by atoms with E-state index in [0.717, 1.165) is 36.8 Å². The van der Waals surface area contributed by atoms with Crippen LogP contribution in [0.1, 0.15) is 18.2 Å². The lowest BCUT2D eigenvalue weighted by Crippen LogP contribution is -2.21. The first-order valence-corrected chi connectivity index (χ1v) is 7.83.